The van der Waals surface area contributed by atoms with Crippen LogP contribution >= 0.6 is 0 Å². The molecule has 0 aromatic heterocycles. The largest absolute Gasteiger partial charge is 0.497 e. The maximum absolute atomic E-state index is 12.4. The molecule has 0 aliphatic heterocycles. The summed E-state index contributed by atoms with van der Waals surface area (Å²) < 4.78 is 10.6. The number of anilines is 2. The maximum atomic E-state index is 12.4. The van der Waals surface area contributed by atoms with Crippen LogP contribution in [0, 0.1) is 0 Å². The molecular formula is C24H24N2O4. The van der Waals surface area contributed by atoms with Gasteiger partial charge in [0.2, 0.25) is 5.91 Å². The summed E-state index contributed by atoms with van der Waals surface area (Å²) in [5.74, 6) is 1.10. The number of nitrogens with one attached hydrogen (secondary N) is 2. The Morgan fingerprint density at radius 3 is 2.23 bits per heavy atom. The Bertz CT molecular complexity index is 1020. The number of hydrogen-bond donors (Lipinski definition) is 2. The summed E-state index contributed by atoms with van der Waals surface area (Å²) in [6.45, 7) is 0. The van der Waals surface area contributed by atoms with Crippen molar-refractivity contribution in [1.82, 2.24) is 0 Å². The lowest BCUT2D eigenvalue weighted by Crippen LogP contribution is -2.14. The summed E-state index contributed by atoms with van der Waals surface area (Å²) in [7, 11) is 3.20. The van der Waals surface area contributed by atoms with Crippen molar-refractivity contribution in [2.45, 2.75) is 12.8 Å². The first-order valence-electron chi connectivity index (χ1n) is 9.56. The summed E-state index contributed by atoms with van der Waals surface area (Å²) in [5, 5.41) is 5.71. The van der Waals surface area contributed by atoms with E-state index in [1.165, 1.54) is 0 Å². The van der Waals surface area contributed by atoms with E-state index < -0.39 is 0 Å². The molecule has 0 atom stereocenters. The Morgan fingerprint density at radius 2 is 1.53 bits per heavy atom. The molecule has 2 N–H and O–H groups in total. The summed E-state index contributed by atoms with van der Waals surface area (Å²) >= 11 is 0. The lowest BCUT2D eigenvalue weighted by Gasteiger charge is -2.11. The van der Waals surface area contributed by atoms with Gasteiger partial charge in [0.15, 0.2) is 0 Å². The summed E-state index contributed by atoms with van der Waals surface area (Å²) in [6, 6.07) is 21.5. The van der Waals surface area contributed by atoms with Gasteiger partial charge in [-0.2, -0.15) is 0 Å². The average Bonchev–Trinajstić information content (AvgIpc) is 2.78. The molecule has 3 aromatic rings. The second kappa shape index (κ2) is 10.1. The maximum Gasteiger partial charge on any atom is 0.255 e. The van der Waals surface area contributed by atoms with E-state index in [0.717, 1.165) is 5.56 Å². The third-order valence-electron chi connectivity index (χ3n) is 4.55. The minimum atomic E-state index is -0.204. The lowest BCUT2D eigenvalue weighted by atomic mass is 10.1. The van der Waals surface area contributed by atoms with E-state index in [1.807, 2.05) is 36.4 Å². The van der Waals surface area contributed by atoms with Crippen LogP contribution < -0.4 is 20.1 Å². The van der Waals surface area contributed by atoms with Crippen molar-refractivity contribution in [3.8, 4) is 11.5 Å². The molecule has 6 nitrogen and oxygen atoms in total. The summed E-state index contributed by atoms with van der Waals surface area (Å²) in [6.07, 6.45) is 0.792. The van der Waals surface area contributed by atoms with Crippen LogP contribution in [0.15, 0.2) is 72.8 Å². The Balaban J connectivity index is 1.59. The number of aryl methyl sites for hydroxylation is 1. The third-order valence-corrected chi connectivity index (χ3v) is 4.55. The molecule has 0 aliphatic carbocycles. The van der Waals surface area contributed by atoms with Gasteiger partial charge in [-0.25, -0.2) is 0 Å². The van der Waals surface area contributed by atoms with Crippen molar-refractivity contribution in [3.05, 3.63) is 83.9 Å². The molecule has 3 rings (SSSR count). The minimum absolute atomic E-state index is 0.133. The van der Waals surface area contributed by atoms with Crippen LogP contribution in [0.3, 0.4) is 0 Å². The van der Waals surface area contributed by atoms with Gasteiger partial charge in [-0.15, -0.1) is 0 Å². The highest BCUT2D eigenvalue weighted by molar-refractivity contribution is 6.04. The number of rotatable bonds is 8. The molecule has 0 unspecified atom stereocenters. The Labute approximate surface area is 175 Å². The first kappa shape index (κ1) is 20.9. The van der Waals surface area contributed by atoms with Crippen molar-refractivity contribution < 1.29 is 19.1 Å². The highest BCUT2D eigenvalue weighted by Gasteiger charge is 2.10. The average molecular weight is 404 g/mol. The molecule has 3 aromatic carbocycles. The lowest BCUT2D eigenvalue weighted by molar-refractivity contribution is -0.116. The van der Waals surface area contributed by atoms with Gasteiger partial charge in [0.25, 0.3) is 5.91 Å². The number of methoxy groups -OCH3 is 2. The van der Waals surface area contributed by atoms with Crippen LogP contribution in [0.2, 0.25) is 0 Å². The number of hydrogen-bond acceptors (Lipinski definition) is 4. The van der Waals surface area contributed by atoms with E-state index in [-0.39, 0.29) is 18.2 Å². The molecule has 30 heavy (non-hydrogen) atoms. The van der Waals surface area contributed by atoms with Crippen LogP contribution in [0.5, 0.6) is 11.5 Å². The molecule has 0 spiro atoms. The number of carbonyl (C=O) groups excluding carboxylic acids is 2. The number of benzene rings is 3. The molecular weight excluding hydrogens is 380 g/mol. The van der Waals surface area contributed by atoms with Crippen molar-refractivity contribution >= 4 is 23.2 Å². The van der Waals surface area contributed by atoms with E-state index >= 15 is 0 Å². The van der Waals surface area contributed by atoms with E-state index in [0.29, 0.717) is 34.9 Å². The Hall–Kier alpha value is -3.80. The summed E-state index contributed by atoms with van der Waals surface area (Å²) in [5.41, 5.74) is 2.69. The highest BCUT2D eigenvalue weighted by atomic mass is 16.5. The van der Waals surface area contributed by atoms with Gasteiger partial charge in [-0.3, -0.25) is 9.59 Å². The zero-order chi connectivity index (χ0) is 21.3. The van der Waals surface area contributed by atoms with Crippen molar-refractivity contribution in [3.63, 3.8) is 0 Å². The van der Waals surface area contributed by atoms with Crippen molar-refractivity contribution in [1.29, 1.82) is 0 Å². The third kappa shape index (κ3) is 5.61. The molecule has 0 radical (unpaired) electrons. The molecule has 0 bridgehead atoms. The fourth-order valence-electron chi connectivity index (χ4n) is 3.02. The first-order valence-corrected chi connectivity index (χ1v) is 9.56. The van der Waals surface area contributed by atoms with Gasteiger partial charge < -0.3 is 20.1 Å². The SMILES string of the molecule is COc1ccc(OC)c(CCC(=O)Nc2cccc(NC(=O)c3ccccc3)c2)c1. The number of ether oxygens (including phenoxy) is 2. The Kier molecular flexibility index (Phi) is 7.05. The smallest absolute Gasteiger partial charge is 0.255 e. The van der Waals surface area contributed by atoms with E-state index in [4.69, 9.17) is 9.47 Å². The quantitative estimate of drug-likeness (QED) is 0.578. The normalized spacial score (nSPS) is 10.2. The molecule has 154 valence electrons. The number of carbonyl (C=O) groups is 2. The van der Waals surface area contributed by atoms with Crippen molar-refractivity contribution in [2.24, 2.45) is 0 Å². The fraction of sp³-hybridized carbons (Fsp3) is 0.167. The number of amides is 2. The molecule has 6 heteroatoms. The molecule has 0 aliphatic rings. The van der Waals surface area contributed by atoms with Gasteiger partial charge >= 0.3 is 0 Å². The molecule has 2 amide bonds. The van der Waals surface area contributed by atoms with Gasteiger partial charge in [0, 0.05) is 23.4 Å². The van der Waals surface area contributed by atoms with Gasteiger partial charge in [-0.1, -0.05) is 24.3 Å². The van der Waals surface area contributed by atoms with Crippen LogP contribution in [-0.4, -0.2) is 26.0 Å². The zero-order valence-electron chi connectivity index (χ0n) is 17.0. The second-order valence-corrected chi connectivity index (χ2v) is 6.63. The van der Waals surface area contributed by atoms with E-state index in [9.17, 15) is 9.59 Å². The van der Waals surface area contributed by atoms with E-state index in [2.05, 4.69) is 10.6 Å². The fourth-order valence-corrected chi connectivity index (χ4v) is 3.02. The standard InChI is InChI=1S/C24H24N2O4/c1-29-21-12-13-22(30-2)18(15-21)11-14-23(27)25-19-9-6-10-20(16-19)26-24(28)17-7-4-3-5-8-17/h3-10,12-13,15-16H,11,14H2,1-2H3,(H,25,27)(H,26,28). The monoisotopic (exact) mass is 404 g/mol. The molecule has 0 saturated heterocycles. The Morgan fingerprint density at radius 1 is 0.800 bits per heavy atom. The summed E-state index contributed by atoms with van der Waals surface area (Å²) in [4.78, 5) is 24.7. The van der Waals surface area contributed by atoms with Crippen LogP contribution in [-0.2, 0) is 11.2 Å². The van der Waals surface area contributed by atoms with Crippen molar-refractivity contribution in [2.75, 3.05) is 24.9 Å². The topological polar surface area (TPSA) is 76.7 Å². The highest BCUT2D eigenvalue weighted by Crippen LogP contribution is 2.25. The predicted molar refractivity (Wildman–Crippen MR) is 117 cm³/mol. The predicted octanol–water partition coefficient (Wildman–Crippen LogP) is 4.53. The van der Waals surface area contributed by atoms with Gasteiger partial charge in [-0.05, 0) is 60.5 Å². The second-order valence-electron chi connectivity index (χ2n) is 6.63. The van der Waals surface area contributed by atoms with Gasteiger partial charge in [0.05, 0.1) is 14.2 Å². The zero-order valence-corrected chi connectivity index (χ0v) is 17.0. The van der Waals surface area contributed by atoms with E-state index in [1.54, 1.807) is 50.6 Å². The van der Waals surface area contributed by atoms with Crippen LogP contribution in [0.25, 0.3) is 0 Å². The van der Waals surface area contributed by atoms with Crippen LogP contribution in [0.4, 0.5) is 11.4 Å². The molecule has 0 heterocycles. The minimum Gasteiger partial charge on any atom is -0.497 e. The molecule has 0 fully saturated rings. The van der Waals surface area contributed by atoms with Gasteiger partial charge in [0.1, 0.15) is 11.5 Å². The first-order chi connectivity index (χ1) is 14.6. The molecule has 0 saturated carbocycles. The van der Waals surface area contributed by atoms with Crippen LogP contribution in [0.1, 0.15) is 22.3 Å².